The highest BCUT2D eigenvalue weighted by molar-refractivity contribution is 5.52. The number of likely N-dealkylation sites (N-methyl/N-ethyl adjacent to an activating group) is 1. The SMILES string of the molecule is CNc1ccc(CN2CCCCC2)cc1CCN(C)C. The molecular formula is C17H29N3. The number of hydrogen-bond acceptors (Lipinski definition) is 3. The molecule has 0 unspecified atom stereocenters. The maximum Gasteiger partial charge on any atom is 0.0370 e. The third-order valence-electron chi connectivity index (χ3n) is 4.12. The van der Waals surface area contributed by atoms with Gasteiger partial charge in [-0.25, -0.2) is 0 Å². The van der Waals surface area contributed by atoms with Crippen molar-refractivity contribution in [2.45, 2.75) is 32.2 Å². The minimum absolute atomic E-state index is 1.10. The summed E-state index contributed by atoms with van der Waals surface area (Å²) >= 11 is 0. The molecule has 0 aliphatic carbocycles. The number of rotatable bonds is 6. The van der Waals surface area contributed by atoms with Crippen molar-refractivity contribution >= 4 is 5.69 Å². The highest BCUT2D eigenvalue weighted by Crippen LogP contribution is 2.20. The van der Waals surface area contributed by atoms with Gasteiger partial charge in [-0.3, -0.25) is 4.90 Å². The molecule has 2 rings (SSSR count). The van der Waals surface area contributed by atoms with Crippen molar-refractivity contribution in [2.75, 3.05) is 46.1 Å². The zero-order valence-corrected chi connectivity index (χ0v) is 13.3. The number of nitrogens with one attached hydrogen (secondary N) is 1. The highest BCUT2D eigenvalue weighted by atomic mass is 15.1. The molecule has 1 aliphatic heterocycles. The fourth-order valence-corrected chi connectivity index (χ4v) is 2.92. The average molecular weight is 275 g/mol. The van der Waals surface area contributed by atoms with Gasteiger partial charge in [-0.15, -0.1) is 0 Å². The fourth-order valence-electron chi connectivity index (χ4n) is 2.92. The molecule has 0 atom stereocenters. The van der Waals surface area contributed by atoms with Crippen LogP contribution in [-0.4, -0.2) is 50.6 Å². The van der Waals surface area contributed by atoms with Crippen LogP contribution >= 0.6 is 0 Å². The molecule has 3 heteroatoms. The summed E-state index contributed by atoms with van der Waals surface area (Å²) in [5.74, 6) is 0. The van der Waals surface area contributed by atoms with Gasteiger partial charge < -0.3 is 10.2 Å². The van der Waals surface area contributed by atoms with E-state index in [4.69, 9.17) is 0 Å². The predicted molar refractivity (Wildman–Crippen MR) is 87.4 cm³/mol. The van der Waals surface area contributed by atoms with E-state index in [9.17, 15) is 0 Å². The first-order chi connectivity index (χ1) is 9.69. The molecule has 3 nitrogen and oxygen atoms in total. The Bertz CT molecular complexity index is 409. The first kappa shape index (κ1) is 15.3. The van der Waals surface area contributed by atoms with Gasteiger partial charge in [0.25, 0.3) is 0 Å². The zero-order chi connectivity index (χ0) is 14.4. The van der Waals surface area contributed by atoms with Crippen LogP contribution in [0.2, 0.25) is 0 Å². The Balaban J connectivity index is 2.03. The summed E-state index contributed by atoms with van der Waals surface area (Å²) < 4.78 is 0. The van der Waals surface area contributed by atoms with Crippen LogP contribution in [0.5, 0.6) is 0 Å². The van der Waals surface area contributed by atoms with Crippen LogP contribution < -0.4 is 5.32 Å². The maximum absolute atomic E-state index is 3.32. The summed E-state index contributed by atoms with van der Waals surface area (Å²) in [6.07, 6.45) is 5.24. The first-order valence-electron chi connectivity index (χ1n) is 7.85. The van der Waals surface area contributed by atoms with E-state index in [-0.39, 0.29) is 0 Å². The minimum atomic E-state index is 1.10. The second-order valence-corrected chi connectivity index (χ2v) is 6.13. The molecule has 112 valence electrons. The van der Waals surface area contributed by atoms with Crippen molar-refractivity contribution in [3.63, 3.8) is 0 Å². The number of benzene rings is 1. The second kappa shape index (κ2) is 7.65. The Labute approximate surface area is 124 Å². The van der Waals surface area contributed by atoms with Gasteiger partial charge in [0.2, 0.25) is 0 Å². The number of nitrogens with zero attached hydrogens (tertiary/aromatic N) is 2. The van der Waals surface area contributed by atoms with Gasteiger partial charge in [0.1, 0.15) is 0 Å². The van der Waals surface area contributed by atoms with Gasteiger partial charge in [-0.05, 0) is 63.6 Å². The first-order valence-corrected chi connectivity index (χ1v) is 7.85. The van der Waals surface area contributed by atoms with E-state index in [1.54, 1.807) is 0 Å². The normalized spacial score (nSPS) is 16.6. The summed E-state index contributed by atoms with van der Waals surface area (Å²) in [4.78, 5) is 4.84. The summed E-state index contributed by atoms with van der Waals surface area (Å²) in [6.45, 7) is 4.74. The minimum Gasteiger partial charge on any atom is -0.388 e. The quantitative estimate of drug-likeness (QED) is 0.861. The molecule has 1 heterocycles. The average Bonchev–Trinajstić information content (AvgIpc) is 2.46. The van der Waals surface area contributed by atoms with E-state index in [0.29, 0.717) is 0 Å². The molecule has 0 radical (unpaired) electrons. The number of hydrogen-bond donors (Lipinski definition) is 1. The van der Waals surface area contributed by atoms with Crippen molar-refractivity contribution in [1.82, 2.24) is 9.80 Å². The highest BCUT2D eigenvalue weighted by Gasteiger charge is 2.11. The number of likely N-dealkylation sites (tertiary alicyclic amines) is 1. The second-order valence-electron chi connectivity index (χ2n) is 6.13. The molecule has 1 aromatic rings. The van der Waals surface area contributed by atoms with Crippen LogP contribution in [0.25, 0.3) is 0 Å². The largest absolute Gasteiger partial charge is 0.388 e. The van der Waals surface area contributed by atoms with E-state index in [1.165, 1.54) is 49.2 Å². The smallest absolute Gasteiger partial charge is 0.0370 e. The van der Waals surface area contributed by atoms with E-state index >= 15 is 0 Å². The van der Waals surface area contributed by atoms with Crippen LogP contribution in [0, 0.1) is 0 Å². The Kier molecular flexibility index (Phi) is 5.86. The molecule has 1 N–H and O–H groups in total. The maximum atomic E-state index is 3.32. The molecule has 1 aromatic carbocycles. The number of piperidine rings is 1. The molecule has 1 fully saturated rings. The van der Waals surface area contributed by atoms with Gasteiger partial charge in [0.15, 0.2) is 0 Å². The van der Waals surface area contributed by atoms with Crippen LogP contribution in [-0.2, 0) is 13.0 Å². The number of anilines is 1. The molecule has 1 saturated heterocycles. The molecule has 0 amide bonds. The molecule has 20 heavy (non-hydrogen) atoms. The Morgan fingerprint density at radius 2 is 1.90 bits per heavy atom. The molecule has 0 saturated carbocycles. The third-order valence-corrected chi connectivity index (χ3v) is 4.12. The van der Waals surface area contributed by atoms with Crippen LogP contribution in [0.1, 0.15) is 30.4 Å². The van der Waals surface area contributed by atoms with Crippen molar-refractivity contribution in [3.05, 3.63) is 29.3 Å². The lowest BCUT2D eigenvalue weighted by molar-refractivity contribution is 0.221. The fraction of sp³-hybridized carbons (Fsp3) is 0.647. The van der Waals surface area contributed by atoms with Gasteiger partial charge >= 0.3 is 0 Å². The van der Waals surface area contributed by atoms with Gasteiger partial charge in [-0.2, -0.15) is 0 Å². The molecule has 1 aliphatic rings. The zero-order valence-electron chi connectivity index (χ0n) is 13.3. The van der Waals surface area contributed by atoms with Crippen molar-refractivity contribution in [2.24, 2.45) is 0 Å². The van der Waals surface area contributed by atoms with Gasteiger partial charge in [0, 0.05) is 25.8 Å². The van der Waals surface area contributed by atoms with Crippen molar-refractivity contribution in [3.8, 4) is 0 Å². The summed E-state index contributed by atoms with van der Waals surface area (Å²) in [6, 6.07) is 6.91. The van der Waals surface area contributed by atoms with E-state index in [2.05, 4.69) is 47.4 Å². The van der Waals surface area contributed by atoms with Crippen LogP contribution in [0.4, 0.5) is 5.69 Å². The summed E-state index contributed by atoms with van der Waals surface area (Å²) in [5.41, 5.74) is 4.17. The monoisotopic (exact) mass is 275 g/mol. The topological polar surface area (TPSA) is 18.5 Å². The predicted octanol–water partition coefficient (Wildman–Crippen LogP) is 2.82. The van der Waals surface area contributed by atoms with Crippen molar-refractivity contribution < 1.29 is 0 Å². The molecular weight excluding hydrogens is 246 g/mol. The Morgan fingerprint density at radius 1 is 1.15 bits per heavy atom. The standard InChI is InChI=1S/C17H29N3/c1-18-17-8-7-15(13-16(17)9-12-19(2)3)14-20-10-5-4-6-11-20/h7-8,13,18H,4-6,9-12,14H2,1-3H3. The van der Waals surface area contributed by atoms with Gasteiger partial charge in [0.05, 0.1) is 0 Å². The van der Waals surface area contributed by atoms with Crippen LogP contribution in [0.3, 0.4) is 0 Å². The van der Waals surface area contributed by atoms with Gasteiger partial charge in [-0.1, -0.05) is 18.6 Å². The van der Waals surface area contributed by atoms with E-state index in [1.807, 2.05) is 7.05 Å². The van der Waals surface area contributed by atoms with Crippen molar-refractivity contribution in [1.29, 1.82) is 0 Å². The lowest BCUT2D eigenvalue weighted by Gasteiger charge is -2.26. The molecule has 0 aromatic heterocycles. The summed E-state index contributed by atoms with van der Waals surface area (Å²) in [5, 5.41) is 3.32. The van der Waals surface area contributed by atoms with E-state index in [0.717, 1.165) is 19.5 Å². The van der Waals surface area contributed by atoms with Crippen LogP contribution in [0.15, 0.2) is 18.2 Å². The van der Waals surface area contributed by atoms with E-state index < -0.39 is 0 Å². The third kappa shape index (κ3) is 4.50. The lowest BCUT2D eigenvalue weighted by atomic mass is 10.0. The molecule has 0 spiro atoms. The lowest BCUT2D eigenvalue weighted by Crippen LogP contribution is -2.29. The Hall–Kier alpha value is -1.06. The molecule has 0 bridgehead atoms. The Morgan fingerprint density at radius 3 is 2.55 bits per heavy atom. The summed E-state index contributed by atoms with van der Waals surface area (Å²) in [7, 11) is 6.28.